The van der Waals surface area contributed by atoms with Crippen molar-refractivity contribution in [1.82, 2.24) is 10.6 Å². The van der Waals surface area contributed by atoms with Gasteiger partial charge in [0.05, 0.1) is 9.95 Å². The summed E-state index contributed by atoms with van der Waals surface area (Å²) in [4.78, 5) is 22.4. The van der Waals surface area contributed by atoms with Crippen molar-refractivity contribution < 1.29 is 9.72 Å². The Kier molecular flexibility index (Phi) is 4.92. The molecule has 0 bridgehead atoms. The molecule has 1 heterocycles. The average molecular weight is 298 g/mol. The fraction of sp³-hybridized carbons (Fsp3) is 0.462. The van der Waals surface area contributed by atoms with Crippen molar-refractivity contribution in [3.8, 4) is 0 Å². The maximum atomic E-state index is 12.0. The number of nitrogens with one attached hydrogen (secondary N) is 2. The van der Waals surface area contributed by atoms with Gasteiger partial charge in [-0.05, 0) is 31.9 Å². The van der Waals surface area contributed by atoms with Crippen molar-refractivity contribution in [2.24, 2.45) is 0 Å². The minimum atomic E-state index is -0.598. The highest BCUT2D eigenvalue weighted by molar-refractivity contribution is 6.34. The van der Waals surface area contributed by atoms with E-state index in [0.717, 1.165) is 25.8 Å². The summed E-state index contributed by atoms with van der Waals surface area (Å²) in [5.41, 5.74) is -0.340. The molecule has 108 valence electrons. The lowest BCUT2D eigenvalue weighted by Gasteiger charge is -2.11. The third kappa shape index (κ3) is 3.46. The number of amides is 1. The summed E-state index contributed by atoms with van der Waals surface area (Å²) in [5, 5.41) is 17.0. The van der Waals surface area contributed by atoms with E-state index in [1.807, 2.05) is 0 Å². The highest BCUT2D eigenvalue weighted by atomic mass is 35.5. The number of carbonyl (C=O) groups is 1. The summed E-state index contributed by atoms with van der Waals surface area (Å²) in [7, 11) is 0. The van der Waals surface area contributed by atoms with Crippen molar-refractivity contribution in [3.63, 3.8) is 0 Å². The van der Waals surface area contributed by atoms with Crippen LogP contribution in [0.4, 0.5) is 5.69 Å². The third-order valence-electron chi connectivity index (χ3n) is 3.36. The molecule has 1 amide bonds. The Morgan fingerprint density at radius 1 is 1.55 bits per heavy atom. The first kappa shape index (κ1) is 14.7. The van der Waals surface area contributed by atoms with E-state index >= 15 is 0 Å². The van der Waals surface area contributed by atoms with Gasteiger partial charge in [0.25, 0.3) is 11.6 Å². The van der Waals surface area contributed by atoms with Crippen LogP contribution in [0.5, 0.6) is 0 Å². The molecule has 1 aliphatic rings. The summed E-state index contributed by atoms with van der Waals surface area (Å²) in [6.45, 7) is 1.48. The molecule has 1 atom stereocenters. The zero-order valence-corrected chi connectivity index (χ0v) is 11.7. The highest BCUT2D eigenvalue weighted by Gasteiger charge is 2.23. The second-order valence-electron chi connectivity index (χ2n) is 4.73. The predicted octanol–water partition coefficient (Wildman–Crippen LogP) is 2.12. The first-order valence-corrected chi connectivity index (χ1v) is 6.92. The summed E-state index contributed by atoms with van der Waals surface area (Å²) in [6, 6.07) is 4.62. The van der Waals surface area contributed by atoms with Gasteiger partial charge >= 0.3 is 0 Å². The van der Waals surface area contributed by atoms with Crippen LogP contribution in [0.15, 0.2) is 18.2 Å². The summed E-state index contributed by atoms with van der Waals surface area (Å²) < 4.78 is 0. The monoisotopic (exact) mass is 297 g/mol. The van der Waals surface area contributed by atoms with Crippen molar-refractivity contribution in [1.29, 1.82) is 0 Å². The van der Waals surface area contributed by atoms with Gasteiger partial charge in [-0.15, -0.1) is 0 Å². The van der Waals surface area contributed by atoms with E-state index in [9.17, 15) is 14.9 Å². The second kappa shape index (κ2) is 6.67. The smallest absolute Gasteiger partial charge is 0.283 e. The molecule has 1 aromatic rings. The molecule has 0 radical (unpaired) electrons. The molecular weight excluding hydrogens is 282 g/mol. The molecule has 2 N–H and O–H groups in total. The molecule has 0 aromatic heterocycles. The molecular formula is C13H16ClN3O3. The molecule has 20 heavy (non-hydrogen) atoms. The number of nitrogens with zero attached hydrogens (tertiary/aromatic N) is 1. The molecule has 1 unspecified atom stereocenters. The maximum absolute atomic E-state index is 12.0. The van der Waals surface area contributed by atoms with Crippen molar-refractivity contribution in [3.05, 3.63) is 38.9 Å². The van der Waals surface area contributed by atoms with Crippen LogP contribution < -0.4 is 10.6 Å². The molecule has 7 heteroatoms. The molecule has 6 nitrogen and oxygen atoms in total. The van der Waals surface area contributed by atoms with Gasteiger partial charge in [0, 0.05) is 18.7 Å². The lowest BCUT2D eigenvalue weighted by molar-refractivity contribution is -0.385. The minimum Gasteiger partial charge on any atom is -0.352 e. The van der Waals surface area contributed by atoms with Crippen LogP contribution in [0.1, 0.15) is 29.6 Å². The topological polar surface area (TPSA) is 84.3 Å². The first-order valence-electron chi connectivity index (χ1n) is 6.54. The van der Waals surface area contributed by atoms with E-state index in [1.54, 1.807) is 0 Å². The Labute approximate surface area is 121 Å². The first-order chi connectivity index (χ1) is 9.59. The van der Waals surface area contributed by atoms with Crippen LogP contribution in [0.3, 0.4) is 0 Å². The van der Waals surface area contributed by atoms with Crippen molar-refractivity contribution >= 4 is 23.2 Å². The number of rotatable bonds is 5. The van der Waals surface area contributed by atoms with E-state index < -0.39 is 10.8 Å². The largest absolute Gasteiger partial charge is 0.352 e. The lowest BCUT2D eigenvalue weighted by atomic mass is 10.1. The molecule has 1 aliphatic heterocycles. The van der Waals surface area contributed by atoms with E-state index in [-0.39, 0.29) is 16.3 Å². The zero-order chi connectivity index (χ0) is 14.5. The van der Waals surface area contributed by atoms with E-state index in [4.69, 9.17) is 11.6 Å². The van der Waals surface area contributed by atoms with Gasteiger partial charge in [-0.2, -0.15) is 0 Å². The fourth-order valence-corrected chi connectivity index (χ4v) is 2.60. The third-order valence-corrected chi connectivity index (χ3v) is 3.67. The van der Waals surface area contributed by atoms with Crippen LogP contribution in [-0.4, -0.2) is 30.0 Å². The molecule has 2 rings (SSSR count). The Morgan fingerprint density at radius 3 is 3.00 bits per heavy atom. The fourth-order valence-electron chi connectivity index (χ4n) is 2.34. The molecule has 1 saturated heterocycles. The van der Waals surface area contributed by atoms with Gasteiger partial charge in [0.2, 0.25) is 0 Å². The number of nitro groups is 1. The average Bonchev–Trinajstić information content (AvgIpc) is 2.91. The van der Waals surface area contributed by atoms with Crippen LogP contribution in [0, 0.1) is 10.1 Å². The second-order valence-corrected chi connectivity index (χ2v) is 5.14. The van der Waals surface area contributed by atoms with Gasteiger partial charge in [0.15, 0.2) is 0 Å². The zero-order valence-electron chi connectivity index (χ0n) is 10.9. The SMILES string of the molecule is O=C(NCCC1CCCN1)c1c(Cl)cccc1[N+](=O)[O-]. The van der Waals surface area contributed by atoms with Crippen LogP contribution >= 0.6 is 11.6 Å². The van der Waals surface area contributed by atoms with Crippen LogP contribution in [-0.2, 0) is 0 Å². The number of hydrogen-bond acceptors (Lipinski definition) is 4. The minimum absolute atomic E-state index is 0.0708. The van der Waals surface area contributed by atoms with Gasteiger partial charge in [-0.3, -0.25) is 14.9 Å². The van der Waals surface area contributed by atoms with Gasteiger partial charge in [-0.1, -0.05) is 17.7 Å². The Bertz CT molecular complexity index is 516. The Morgan fingerprint density at radius 2 is 2.35 bits per heavy atom. The molecule has 0 spiro atoms. The maximum Gasteiger partial charge on any atom is 0.283 e. The number of halogens is 1. The van der Waals surface area contributed by atoms with Gasteiger partial charge in [0.1, 0.15) is 5.56 Å². The van der Waals surface area contributed by atoms with Crippen molar-refractivity contribution in [2.45, 2.75) is 25.3 Å². The summed E-state index contributed by atoms with van der Waals surface area (Å²) >= 11 is 5.90. The van der Waals surface area contributed by atoms with Crippen LogP contribution in [0.2, 0.25) is 5.02 Å². The molecule has 1 fully saturated rings. The Balaban J connectivity index is 1.99. The highest BCUT2D eigenvalue weighted by Crippen LogP contribution is 2.25. The normalized spacial score (nSPS) is 17.9. The molecule has 0 aliphatic carbocycles. The van der Waals surface area contributed by atoms with Gasteiger partial charge < -0.3 is 10.6 Å². The molecule has 1 aromatic carbocycles. The predicted molar refractivity (Wildman–Crippen MR) is 76.1 cm³/mol. The van der Waals surface area contributed by atoms with Crippen LogP contribution in [0.25, 0.3) is 0 Å². The van der Waals surface area contributed by atoms with Gasteiger partial charge in [-0.25, -0.2) is 0 Å². The molecule has 0 saturated carbocycles. The lowest BCUT2D eigenvalue weighted by Crippen LogP contribution is -2.31. The standard InChI is InChI=1S/C13H16ClN3O3/c14-10-4-1-5-11(17(19)20)12(10)13(18)16-8-6-9-3-2-7-15-9/h1,4-5,9,15H,2-3,6-8H2,(H,16,18). The summed E-state index contributed by atoms with van der Waals surface area (Å²) in [6.07, 6.45) is 3.06. The summed E-state index contributed by atoms with van der Waals surface area (Å²) in [5.74, 6) is -0.500. The number of carbonyl (C=O) groups excluding carboxylic acids is 1. The van der Waals surface area contributed by atoms with E-state index in [0.29, 0.717) is 12.6 Å². The van der Waals surface area contributed by atoms with Crippen molar-refractivity contribution in [2.75, 3.05) is 13.1 Å². The number of nitro benzene ring substituents is 1. The quantitative estimate of drug-likeness (QED) is 0.644. The van der Waals surface area contributed by atoms with E-state index in [1.165, 1.54) is 18.2 Å². The Hall–Kier alpha value is -1.66. The number of hydrogen-bond donors (Lipinski definition) is 2. The van der Waals surface area contributed by atoms with E-state index in [2.05, 4.69) is 10.6 Å². The number of benzene rings is 1.